The maximum atomic E-state index is 12.6. The molecule has 0 aliphatic carbocycles. The summed E-state index contributed by atoms with van der Waals surface area (Å²) in [5.41, 5.74) is 0.602. The number of likely N-dealkylation sites (N-methyl/N-ethyl adjacent to an activating group) is 1. The third-order valence-electron chi connectivity index (χ3n) is 4.87. The lowest BCUT2D eigenvalue weighted by Gasteiger charge is -2.53. The van der Waals surface area contributed by atoms with Gasteiger partial charge in [-0.15, -0.1) is 0 Å². The Balaban J connectivity index is 1.54. The van der Waals surface area contributed by atoms with Crippen LogP contribution < -0.4 is 0 Å². The van der Waals surface area contributed by atoms with E-state index in [1.54, 1.807) is 43.3 Å². The van der Waals surface area contributed by atoms with Crippen molar-refractivity contribution in [3.05, 3.63) is 35.4 Å². The summed E-state index contributed by atoms with van der Waals surface area (Å²) in [4.78, 5) is 27.5. The minimum Gasteiger partial charge on any atom is -0.371 e. The number of amides is 2. The first kappa shape index (κ1) is 18.4. The minimum absolute atomic E-state index is 0.0354. The highest BCUT2D eigenvalue weighted by atomic mass is 16.5. The molecule has 7 heteroatoms. The average Bonchev–Trinajstić information content (AvgIpc) is 2.63. The molecule has 1 spiro atoms. The molecule has 3 rings (SSSR count). The molecular weight excluding hydrogens is 334 g/mol. The SMILES string of the molecule is CN(C)C(=O)CO[C@H]1CCOC2(C1)CN(C(=O)c1cccc(C#N)c1)C2. The summed E-state index contributed by atoms with van der Waals surface area (Å²) in [7, 11) is 3.40. The Morgan fingerprint density at radius 3 is 2.88 bits per heavy atom. The molecule has 2 heterocycles. The lowest BCUT2D eigenvalue weighted by molar-refractivity contribution is -0.188. The van der Waals surface area contributed by atoms with Crippen molar-refractivity contribution in [3.8, 4) is 6.07 Å². The maximum Gasteiger partial charge on any atom is 0.254 e. The standard InChI is InChI=1S/C19H23N3O4/c1-21(2)17(23)11-25-16-6-7-26-19(9-16)12-22(13-19)18(24)15-5-3-4-14(8-15)10-20/h3-5,8,16H,6-7,9,11-13H2,1-2H3/t16-/m0/s1. The number of nitriles is 1. The first-order valence-corrected chi connectivity index (χ1v) is 8.68. The monoisotopic (exact) mass is 357 g/mol. The van der Waals surface area contributed by atoms with E-state index >= 15 is 0 Å². The van der Waals surface area contributed by atoms with Crippen LogP contribution in [-0.2, 0) is 14.3 Å². The first-order chi connectivity index (χ1) is 12.4. The molecule has 2 aliphatic rings. The first-order valence-electron chi connectivity index (χ1n) is 8.68. The van der Waals surface area contributed by atoms with E-state index in [-0.39, 0.29) is 30.1 Å². The maximum absolute atomic E-state index is 12.6. The van der Waals surface area contributed by atoms with Crippen molar-refractivity contribution >= 4 is 11.8 Å². The van der Waals surface area contributed by atoms with Crippen LogP contribution >= 0.6 is 0 Å². The highest BCUT2D eigenvalue weighted by Crippen LogP contribution is 2.36. The summed E-state index contributed by atoms with van der Waals surface area (Å²) in [6, 6.07) is 8.76. The molecule has 2 saturated heterocycles. The number of benzene rings is 1. The van der Waals surface area contributed by atoms with E-state index in [0.29, 0.717) is 37.2 Å². The van der Waals surface area contributed by atoms with Gasteiger partial charge in [-0.25, -0.2) is 0 Å². The molecule has 1 aromatic carbocycles. The number of hydrogen-bond acceptors (Lipinski definition) is 5. The second-order valence-corrected chi connectivity index (χ2v) is 7.10. The van der Waals surface area contributed by atoms with E-state index in [1.807, 2.05) is 6.07 Å². The Kier molecular flexibility index (Phi) is 5.25. The van der Waals surface area contributed by atoms with Crippen molar-refractivity contribution in [1.29, 1.82) is 5.26 Å². The number of rotatable bonds is 4. The van der Waals surface area contributed by atoms with Gasteiger partial charge in [0.2, 0.25) is 5.91 Å². The van der Waals surface area contributed by atoms with Crippen LogP contribution in [0.15, 0.2) is 24.3 Å². The zero-order valence-corrected chi connectivity index (χ0v) is 15.1. The van der Waals surface area contributed by atoms with Gasteiger partial charge in [0, 0.05) is 32.7 Å². The summed E-state index contributed by atoms with van der Waals surface area (Å²) >= 11 is 0. The molecule has 0 saturated carbocycles. The van der Waals surface area contributed by atoms with E-state index < -0.39 is 0 Å². The Labute approximate surface area is 153 Å². The molecule has 0 N–H and O–H groups in total. The number of likely N-dealkylation sites (tertiary alicyclic amines) is 1. The topological polar surface area (TPSA) is 82.9 Å². The van der Waals surface area contributed by atoms with Gasteiger partial charge in [-0.3, -0.25) is 9.59 Å². The second-order valence-electron chi connectivity index (χ2n) is 7.10. The lowest BCUT2D eigenvalue weighted by atomic mass is 9.84. The van der Waals surface area contributed by atoms with Gasteiger partial charge in [0.1, 0.15) is 12.2 Å². The predicted molar refractivity (Wildman–Crippen MR) is 93.4 cm³/mol. The second kappa shape index (κ2) is 7.44. The molecule has 1 aromatic rings. The normalized spacial score (nSPS) is 21.0. The van der Waals surface area contributed by atoms with Gasteiger partial charge in [0.25, 0.3) is 5.91 Å². The van der Waals surface area contributed by atoms with E-state index in [2.05, 4.69) is 0 Å². The number of hydrogen-bond donors (Lipinski definition) is 0. The molecule has 2 aliphatic heterocycles. The number of ether oxygens (including phenoxy) is 2. The fraction of sp³-hybridized carbons (Fsp3) is 0.526. The molecule has 2 amide bonds. The summed E-state index contributed by atoms with van der Waals surface area (Å²) in [5.74, 6) is -0.157. The van der Waals surface area contributed by atoms with E-state index in [4.69, 9.17) is 14.7 Å². The van der Waals surface area contributed by atoms with Crippen molar-refractivity contribution in [2.24, 2.45) is 0 Å². The molecule has 0 unspecified atom stereocenters. The summed E-state index contributed by atoms with van der Waals surface area (Å²) in [6.07, 6.45) is 1.39. The van der Waals surface area contributed by atoms with E-state index in [1.165, 1.54) is 4.90 Å². The van der Waals surface area contributed by atoms with Crippen LogP contribution in [0.5, 0.6) is 0 Å². The van der Waals surface area contributed by atoms with Gasteiger partial charge < -0.3 is 19.3 Å². The third kappa shape index (κ3) is 3.87. The van der Waals surface area contributed by atoms with Crippen molar-refractivity contribution in [1.82, 2.24) is 9.80 Å². The van der Waals surface area contributed by atoms with E-state index in [9.17, 15) is 9.59 Å². The molecule has 0 aromatic heterocycles. The molecule has 0 bridgehead atoms. The summed E-state index contributed by atoms with van der Waals surface area (Å²) < 4.78 is 11.7. The van der Waals surface area contributed by atoms with E-state index in [0.717, 1.165) is 6.42 Å². The largest absolute Gasteiger partial charge is 0.371 e. The number of carbonyl (C=O) groups excluding carboxylic acids is 2. The van der Waals surface area contributed by atoms with Gasteiger partial charge in [-0.1, -0.05) is 6.07 Å². The molecule has 7 nitrogen and oxygen atoms in total. The predicted octanol–water partition coefficient (Wildman–Crippen LogP) is 1.04. The van der Waals surface area contributed by atoms with Gasteiger partial charge in [0.05, 0.1) is 30.8 Å². The smallest absolute Gasteiger partial charge is 0.254 e. The molecule has 138 valence electrons. The molecule has 0 radical (unpaired) electrons. The van der Waals surface area contributed by atoms with Crippen LogP contribution in [0.3, 0.4) is 0 Å². The minimum atomic E-state index is -0.382. The Hall–Kier alpha value is -2.43. The zero-order valence-electron chi connectivity index (χ0n) is 15.1. The molecular formula is C19H23N3O4. The molecule has 26 heavy (non-hydrogen) atoms. The Morgan fingerprint density at radius 1 is 1.42 bits per heavy atom. The fourth-order valence-corrected chi connectivity index (χ4v) is 3.36. The van der Waals surface area contributed by atoms with Crippen LogP contribution in [0.4, 0.5) is 0 Å². The van der Waals surface area contributed by atoms with Crippen molar-refractivity contribution in [3.63, 3.8) is 0 Å². The highest BCUT2D eigenvalue weighted by Gasteiger charge is 2.49. The third-order valence-corrected chi connectivity index (χ3v) is 4.87. The zero-order chi connectivity index (χ0) is 18.7. The fourth-order valence-electron chi connectivity index (χ4n) is 3.36. The lowest BCUT2D eigenvalue weighted by Crippen LogP contribution is -2.67. The van der Waals surface area contributed by atoms with Gasteiger partial charge >= 0.3 is 0 Å². The van der Waals surface area contributed by atoms with Crippen LogP contribution in [0.2, 0.25) is 0 Å². The Morgan fingerprint density at radius 2 is 2.19 bits per heavy atom. The summed E-state index contributed by atoms with van der Waals surface area (Å²) in [5, 5.41) is 8.97. The van der Waals surface area contributed by atoms with Crippen LogP contribution in [0, 0.1) is 11.3 Å². The Bertz CT molecular complexity index is 735. The quantitative estimate of drug-likeness (QED) is 0.804. The van der Waals surface area contributed by atoms with Crippen molar-refractivity contribution in [2.75, 3.05) is 40.4 Å². The van der Waals surface area contributed by atoms with Gasteiger partial charge in [-0.05, 0) is 24.6 Å². The molecule has 2 fully saturated rings. The molecule has 1 atom stereocenters. The summed E-state index contributed by atoms with van der Waals surface area (Å²) in [6.45, 7) is 1.64. The van der Waals surface area contributed by atoms with Crippen LogP contribution in [0.25, 0.3) is 0 Å². The number of carbonyl (C=O) groups is 2. The van der Waals surface area contributed by atoms with Crippen molar-refractivity contribution < 1.29 is 19.1 Å². The van der Waals surface area contributed by atoms with Gasteiger partial charge in [0.15, 0.2) is 0 Å². The highest BCUT2D eigenvalue weighted by molar-refractivity contribution is 5.95. The van der Waals surface area contributed by atoms with Crippen molar-refractivity contribution in [2.45, 2.75) is 24.5 Å². The number of nitrogens with zero attached hydrogens (tertiary/aromatic N) is 3. The average molecular weight is 357 g/mol. The van der Waals surface area contributed by atoms with Crippen LogP contribution in [0.1, 0.15) is 28.8 Å². The van der Waals surface area contributed by atoms with Gasteiger partial charge in [-0.2, -0.15) is 5.26 Å². The van der Waals surface area contributed by atoms with Crippen LogP contribution in [-0.4, -0.2) is 73.7 Å².